The molecule has 0 amide bonds. The molecule has 0 atom stereocenters. The number of hydrogen-bond acceptors (Lipinski definition) is 2. The maximum Gasteiger partial charge on any atom is 0.0547 e. The second kappa shape index (κ2) is 19.4. The predicted molar refractivity (Wildman–Crippen MR) is 89.6 cm³/mol. The van der Waals surface area contributed by atoms with Gasteiger partial charge in [0.05, 0.1) is 5.69 Å². The molecule has 0 bridgehead atoms. The summed E-state index contributed by atoms with van der Waals surface area (Å²) >= 11 is 0. The molecular weight excluding hydrogens is 232 g/mol. The van der Waals surface area contributed by atoms with E-state index in [0.717, 1.165) is 24.5 Å². The van der Waals surface area contributed by atoms with Crippen LogP contribution >= 0.6 is 0 Å². The third kappa shape index (κ3) is 15.1. The Kier molecular flexibility index (Phi) is 23.8. The van der Waals surface area contributed by atoms with Gasteiger partial charge in [-0.25, -0.2) is 0 Å². The van der Waals surface area contributed by atoms with Crippen LogP contribution in [-0.2, 0) is 6.54 Å². The first-order chi connectivity index (χ1) is 9.22. The molecule has 0 aromatic carbocycles. The van der Waals surface area contributed by atoms with Crippen molar-refractivity contribution >= 4 is 0 Å². The number of nitrogens with zero attached hydrogens (tertiary/aromatic N) is 2. The van der Waals surface area contributed by atoms with Crippen LogP contribution in [0.25, 0.3) is 0 Å². The van der Waals surface area contributed by atoms with Crippen LogP contribution in [0, 0.1) is 6.92 Å². The Hall–Kier alpha value is -0.890. The Bertz CT molecular complexity index is 259. The van der Waals surface area contributed by atoms with Gasteiger partial charge >= 0.3 is 0 Å². The van der Waals surface area contributed by atoms with Gasteiger partial charge in [-0.05, 0) is 39.1 Å². The summed E-state index contributed by atoms with van der Waals surface area (Å²) in [5, 5.41) is 0. The SMILES string of the molecule is CC.CC.CC.CCCN(C)Cc1cccc(C)n1. The largest absolute Gasteiger partial charge is 0.301 e. The fourth-order valence-corrected chi connectivity index (χ4v) is 1.42. The van der Waals surface area contributed by atoms with Gasteiger partial charge in [-0.1, -0.05) is 54.5 Å². The summed E-state index contributed by atoms with van der Waals surface area (Å²) in [4.78, 5) is 6.75. The highest BCUT2D eigenvalue weighted by molar-refractivity contribution is 5.09. The van der Waals surface area contributed by atoms with Crippen LogP contribution in [0.4, 0.5) is 0 Å². The quantitative estimate of drug-likeness (QED) is 0.735. The van der Waals surface area contributed by atoms with Gasteiger partial charge in [0.15, 0.2) is 0 Å². The molecule has 0 fully saturated rings. The zero-order valence-corrected chi connectivity index (χ0v) is 14.7. The van der Waals surface area contributed by atoms with Gasteiger partial charge in [0, 0.05) is 12.2 Å². The van der Waals surface area contributed by atoms with Crippen LogP contribution in [0.2, 0.25) is 0 Å². The van der Waals surface area contributed by atoms with E-state index in [9.17, 15) is 0 Å². The minimum atomic E-state index is 0.954. The highest BCUT2D eigenvalue weighted by atomic mass is 15.1. The topological polar surface area (TPSA) is 16.1 Å². The Morgan fingerprint density at radius 1 is 1.00 bits per heavy atom. The van der Waals surface area contributed by atoms with Crippen molar-refractivity contribution in [2.75, 3.05) is 13.6 Å². The monoisotopic (exact) mass is 268 g/mol. The first-order valence-electron chi connectivity index (χ1n) is 7.83. The fourth-order valence-electron chi connectivity index (χ4n) is 1.42. The molecule has 0 spiro atoms. The molecule has 2 nitrogen and oxygen atoms in total. The van der Waals surface area contributed by atoms with E-state index >= 15 is 0 Å². The lowest BCUT2D eigenvalue weighted by Gasteiger charge is -2.14. The fraction of sp³-hybridized carbons (Fsp3) is 0.706. The molecule has 2 heteroatoms. The second-order valence-corrected chi connectivity index (χ2v) is 3.51. The Balaban J connectivity index is -0.000000375. The second-order valence-electron chi connectivity index (χ2n) is 3.51. The molecule has 1 rings (SSSR count). The van der Waals surface area contributed by atoms with E-state index in [2.05, 4.69) is 36.0 Å². The molecule has 0 unspecified atom stereocenters. The van der Waals surface area contributed by atoms with E-state index in [0.29, 0.717) is 0 Å². The molecule has 0 N–H and O–H groups in total. The maximum atomic E-state index is 4.45. The van der Waals surface area contributed by atoms with Crippen molar-refractivity contribution in [1.29, 1.82) is 0 Å². The first-order valence-corrected chi connectivity index (χ1v) is 7.83. The third-order valence-corrected chi connectivity index (χ3v) is 1.98. The lowest BCUT2D eigenvalue weighted by atomic mass is 10.3. The van der Waals surface area contributed by atoms with Crippen LogP contribution < -0.4 is 0 Å². The zero-order valence-electron chi connectivity index (χ0n) is 14.7. The van der Waals surface area contributed by atoms with Crippen molar-refractivity contribution in [3.63, 3.8) is 0 Å². The molecule has 0 aliphatic carbocycles. The smallest absolute Gasteiger partial charge is 0.0547 e. The van der Waals surface area contributed by atoms with Crippen molar-refractivity contribution in [3.05, 3.63) is 29.6 Å². The minimum Gasteiger partial charge on any atom is -0.301 e. The molecule has 0 saturated heterocycles. The van der Waals surface area contributed by atoms with Gasteiger partial charge in [0.2, 0.25) is 0 Å². The average Bonchev–Trinajstić information content (AvgIpc) is 2.46. The van der Waals surface area contributed by atoms with E-state index in [4.69, 9.17) is 0 Å². The summed E-state index contributed by atoms with van der Waals surface area (Å²) in [7, 11) is 2.13. The lowest BCUT2D eigenvalue weighted by molar-refractivity contribution is 0.323. The normalized spacial score (nSPS) is 8.32. The maximum absolute atomic E-state index is 4.45. The van der Waals surface area contributed by atoms with E-state index in [1.165, 1.54) is 6.42 Å². The van der Waals surface area contributed by atoms with Gasteiger partial charge in [0.25, 0.3) is 0 Å². The summed E-state index contributed by atoms with van der Waals surface area (Å²) < 4.78 is 0. The zero-order chi connectivity index (χ0) is 15.7. The van der Waals surface area contributed by atoms with Gasteiger partial charge in [-0.2, -0.15) is 0 Å². The minimum absolute atomic E-state index is 0.954. The number of pyridine rings is 1. The Morgan fingerprint density at radius 3 is 1.95 bits per heavy atom. The van der Waals surface area contributed by atoms with Gasteiger partial charge in [-0.3, -0.25) is 4.98 Å². The molecule has 0 radical (unpaired) electrons. The van der Waals surface area contributed by atoms with Crippen molar-refractivity contribution < 1.29 is 0 Å². The molecular formula is C17H36N2. The average molecular weight is 268 g/mol. The van der Waals surface area contributed by atoms with Crippen molar-refractivity contribution in [2.24, 2.45) is 0 Å². The van der Waals surface area contributed by atoms with Crippen molar-refractivity contribution in [1.82, 2.24) is 9.88 Å². The van der Waals surface area contributed by atoms with Crippen LogP contribution in [0.1, 0.15) is 66.3 Å². The summed E-state index contributed by atoms with van der Waals surface area (Å²) in [6.45, 7) is 18.3. The van der Waals surface area contributed by atoms with E-state index in [-0.39, 0.29) is 0 Å². The molecule has 0 saturated carbocycles. The van der Waals surface area contributed by atoms with E-state index < -0.39 is 0 Å². The highest BCUT2D eigenvalue weighted by Crippen LogP contribution is 2.01. The number of aryl methyl sites for hydroxylation is 1. The summed E-state index contributed by atoms with van der Waals surface area (Å²) in [5.74, 6) is 0. The van der Waals surface area contributed by atoms with Crippen LogP contribution in [-0.4, -0.2) is 23.5 Å². The number of rotatable bonds is 4. The third-order valence-electron chi connectivity index (χ3n) is 1.98. The van der Waals surface area contributed by atoms with Crippen molar-refractivity contribution in [3.8, 4) is 0 Å². The highest BCUT2D eigenvalue weighted by Gasteiger charge is 1.99. The van der Waals surface area contributed by atoms with Gasteiger partial charge in [0.1, 0.15) is 0 Å². The summed E-state index contributed by atoms with van der Waals surface area (Å²) in [6.07, 6.45) is 1.20. The lowest BCUT2D eigenvalue weighted by Crippen LogP contribution is -2.19. The summed E-state index contributed by atoms with van der Waals surface area (Å²) in [5.41, 5.74) is 2.26. The standard InChI is InChI=1S/C11H18N2.3C2H6/c1-4-8-13(3)9-11-7-5-6-10(2)12-11;3*1-2/h5-7H,4,8-9H2,1-3H3;3*1-2H3. The van der Waals surface area contributed by atoms with Crippen LogP contribution in [0.15, 0.2) is 18.2 Å². The summed E-state index contributed by atoms with van der Waals surface area (Å²) in [6, 6.07) is 6.18. The first kappa shape index (κ1) is 23.2. The predicted octanol–water partition coefficient (Wildman–Crippen LogP) is 5.31. The molecule has 0 aliphatic heterocycles. The van der Waals surface area contributed by atoms with Crippen LogP contribution in [0.5, 0.6) is 0 Å². The number of hydrogen-bond donors (Lipinski definition) is 0. The Morgan fingerprint density at radius 2 is 1.53 bits per heavy atom. The molecule has 0 aliphatic rings. The Labute approximate surface area is 122 Å². The van der Waals surface area contributed by atoms with Gasteiger partial charge in [-0.15, -0.1) is 0 Å². The molecule has 19 heavy (non-hydrogen) atoms. The number of aromatic nitrogens is 1. The molecule has 1 aromatic rings. The van der Waals surface area contributed by atoms with E-state index in [1.54, 1.807) is 0 Å². The molecule has 1 aromatic heterocycles. The van der Waals surface area contributed by atoms with E-state index in [1.807, 2.05) is 54.5 Å². The van der Waals surface area contributed by atoms with Gasteiger partial charge < -0.3 is 4.90 Å². The van der Waals surface area contributed by atoms with Crippen molar-refractivity contribution in [2.45, 2.75) is 68.4 Å². The molecule has 114 valence electrons. The molecule has 1 heterocycles. The van der Waals surface area contributed by atoms with Crippen LogP contribution in [0.3, 0.4) is 0 Å².